The van der Waals surface area contributed by atoms with Gasteiger partial charge in [0.25, 0.3) is 5.91 Å². The molecule has 0 saturated carbocycles. The third-order valence-electron chi connectivity index (χ3n) is 6.56. The molecule has 0 N–H and O–H groups in total. The lowest BCUT2D eigenvalue weighted by atomic mass is 9.87. The van der Waals surface area contributed by atoms with E-state index in [4.69, 9.17) is 4.74 Å². The molecule has 0 radical (unpaired) electrons. The van der Waals surface area contributed by atoms with Gasteiger partial charge in [-0.05, 0) is 48.4 Å². The fraction of sp³-hybridized carbons (Fsp3) is 0.444. The number of carbonyl (C=O) groups is 1. The number of nitrogens with zero attached hydrogens (tertiary/aromatic N) is 3. The van der Waals surface area contributed by atoms with Crippen molar-refractivity contribution in [3.8, 4) is 0 Å². The first kappa shape index (κ1) is 25.1. The van der Waals surface area contributed by atoms with Crippen molar-refractivity contribution < 1.29 is 22.7 Å². The molecule has 2 aromatic carbocycles. The summed E-state index contributed by atoms with van der Waals surface area (Å²) >= 11 is 0. The number of ether oxygens (including phenoxy) is 1. The summed E-state index contributed by atoms with van der Waals surface area (Å²) < 4.78 is 46.1. The maximum absolute atomic E-state index is 13.5. The van der Waals surface area contributed by atoms with Gasteiger partial charge in [0.05, 0.1) is 12.1 Å². The van der Waals surface area contributed by atoms with Crippen molar-refractivity contribution in [3.63, 3.8) is 0 Å². The van der Waals surface area contributed by atoms with Crippen LogP contribution in [0.4, 0.5) is 24.5 Å². The smallest absolute Gasteiger partial charge is 0.416 e. The highest BCUT2D eigenvalue weighted by Crippen LogP contribution is 2.35. The van der Waals surface area contributed by atoms with Gasteiger partial charge in [0.2, 0.25) is 0 Å². The number of carbonyl (C=O) groups excluding carboxylic acids is 1. The molecule has 2 aliphatic rings. The Labute approximate surface area is 204 Å². The second-order valence-electron chi connectivity index (χ2n) is 10.2. The van der Waals surface area contributed by atoms with Gasteiger partial charge in [0, 0.05) is 43.1 Å². The van der Waals surface area contributed by atoms with Crippen LogP contribution in [0.3, 0.4) is 0 Å². The average molecular weight is 488 g/mol. The van der Waals surface area contributed by atoms with E-state index in [0.29, 0.717) is 37.5 Å². The molecule has 4 rings (SSSR count). The van der Waals surface area contributed by atoms with Crippen molar-refractivity contribution in [2.45, 2.75) is 32.4 Å². The first-order valence-corrected chi connectivity index (χ1v) is 11.8. The summed E-state index contributed by atoms with van der Waals surface area (Å²) in [6, 6.07) is 11.5. The molecular weight excluding hydrogens is 455 g/mol. The summed E-state index contributed by atoms with van der Waals surface area (Å²) in [6.45, 7) is 9.82. The summed E-state index contributed by atoms with van der Waals surface area (Å²) in [5.74, 6) is -0.171. The molecule has 0 atom stereocenters. The Morgan fingerprint density at radius 1 is 0.886 bits per heavy atom. The van der Waals surface area contributed by atoms with E-state index >= 15 is 0 Å². The lowest BCUT2D eigenvalue weighted by Crippen LogP contribution is -2.44. The summed E-state index contributed by atoms with van der Waals surface area (Å²) in [7, 11) is 1.99. The molecule has 0 bridgehead atoms. The van der Waals surface area contributed by atoms with Gasteiger partial charge in [-0.1, -0.05) is 39.0 Å². The van der Waals surface area contributed by atoms with Crippen LogP contribution in [0.15, 0.2) is 48.2 Å². The average Bonchev–Trinajstić information content (AvgIpc) is 2.80. The van der Waals surface area contributed by atoms with Gasteiger partial charge in [-0.2, -0.15) is 13.2 Å². The Hall–Kier alpha value is -3.00. The SMILES string of the molecule is CN1CCN(c2cc(C(F)(F)F)ccc2/C=C2\OCCN(c3ccc(C(C)(C)C)cc3)C2=O)CC1. The van der Waals surface area contributed by atoms with Gasteiger partial charge in [0.1, 0.15) is 6.61 Å². The van der Waals surface area contributed by atoms with E-state index in [2.05, 4.69) is 25.7 Å². The topological polar surface area (TPSA) is 36.0 Å². The number of benzene rings is 2. The Morgan fingerprint density at radius 2 is 1.51 bits per heavy atom. The third-order valence-corrected chi connectivity index (χ3v) is 6.56. The van der Waals surface area contributed by atoms with Gasteiger partial charge in [-0.15, -0.1) is 0 Å². The minimum absolute atomic E-state index is 0.000842. The Morgan fingerprint density at radius 3 is 2.11 bits per heavy atom. The fourth-order valence-corrected chi connectivity index (χ4v) is 4.34. The molecule has 1 amide bonds. The number of morpholine rings is 1. The van der Waals surface area contributed by atoms with Crippen LogP contribution in [-0.2, 0) is 21.1 Å². The number of hydrogen-bond acceptors (Lipinski definition) is 4. The highest BCUT2D eigenvalue weighted by Gasteiger charge is 2.32. The maximum atomic E-state index is 13.5. The molecule has 2 saturated heterocycles. The number of piperazine rings is 1. The molecule has 2 aromatic rings. The molecule has 8 heteroatoms. The molecule has 188 valence electrons. The normalized spacial score (nSPS) is 19.3. The number of halogens is 3. The van der Waals surface area contributed by atoms with E-state index in [1.54, 1.807) is 11.0 Å². The van der Waals surface area contributed by atoms with E-state index < -0.39 is 11.7 Å². The fourth-order valence-electron chi connectivity index (χ4n) is 4.34. The van der Waals surface area contributed by atoms with Crippen LogP contribution in [-0.4, -0.2) is 57.2 Å². The van der Waals surface area contributed by atoms with Crippen molar-refractivity contribution in [2.75, 3.05) is 56.2 Å². The van der Waals surface area contributed by atoms with Gasteiger partial charge >= 0.3 is 6.18 Å². The monoisotopic (exact) mass is 487 g/mol. The molecule has 2 fully saturated rings. The van der Waals surface area contributed by atoms with Crippen molar-refractivity contribution in [2.24, 2.45) is 0 Å². The molecule has 2 heterocycles. The van der Waals surface area contributed by atoms with Crippen LogP contribution in [0.5, 0.6) is 0 Å². The van der Waals surface area contributed by atoms with Crippen molar-refractivity contribution >= 4 is 23.4 Å². The maximum Gasteiger partial charge on any atom is 0.416 e. The Bertz CT molecular complexity index is 1100. The molecule has 0 aromatic heterocycles. The summed E-state index contributed by atoms with van der Waals surface area (Å²) in [6.07, 6.45) is -2.87. The molecule has 0 aliphatic carbocycles. The highest BCUT2D eigenvalue weighted by atomic mass is 19.4. The highest BCUT2D eigenvalue weighted by molar-refractivity contribution is 6.07. The van der Waals surface area contributed by atoms with E-state index in [1.807, 2.05) is 36.2 Å². The van der Waals surface area contributed by atoms with Crippen molar-refractivity contribution in [3.05, 3.63) is 64.9 Å². The second-order valence-corrected chi connectivity index (χ2v) is 10.2. The number of likely N-dealkylation sites (N-methyl/N-ethyl adjacent to an activating group) is 1. The molecule has 0 unspecified atom stereocenters. The van der Waals surface area contributed by atoms with Gasteiger partial charge in [-0.3, -0.25) is 4.79 Å². The van der Waals surface area contributed by atoms with Gasteiger partial charge in [0.15, 0.2) is 5.76 Å². The van der Waals surface area contributed by atoms with E-state index in [1.165, 1.54) is 17.7 Å². The molecule has 2 aliphatic heterocycles. The summed E-state index contributed by atoms with van der Waals surface area (Å²) in [5, 5.41) is 0. The van der Waals surface area contributed by atoms with Crippen LogP contribution in [0.25, 0.3) is 6.08 Å². The van der Waals surface area contributed by atoms with Gasteiger partial charge in [-0.25, -0.2) is 0 Å². The largest absolute Gasteiger partial charge is 0.486 e. The van der Waals surface area contributed by atoms with Crippen LogP contribution >= 0.6 is 0 Å². The predicted octanol–water partition coefficient (Wildman–Crippen LogP) is 5.16. The van der Waals surface area contributed by atoms with Gasteiger partial charge < -0.3 is 19.4 Å². The van der Waals surface area contributed by atoms with Crippen LogP contribution in [0, 0.1) is 0 Å². The van der Waals surface area contributed by atoms with E-state index in [0.717, 1.165) is 24.8 Å². The number of anilines is 2. The predicted molar refractivity (Wildman–Crippen MR) is 133 cm³/mol. The van der Waals surface area contributed by atoms with Crippen molar-refractivity contribution in [1.29, 1.82) is 0 Å². The number of alkyl halides is 3. The lowest BCUT2D eigenvalue weighted by molar-refractivity contribution is -0.137. The number of hydrogen-bond donors (Lipinski definition) is 0. The second kappa shape index (κ2) is 9.57. The van der Waals surface area contributed by atoms with E-state index in [-0.39, 0.29) is 17.1 Å². The van der Waals surface area contributed by atoms with Crippen molar-refractivity contribution in [1.82, 2.24) is 4.90 Å². The van der Waals surface area contributed by atoms with E-state index in [9.17, 15) is 18.0 Å². The van der Waals surface area contributed by atoms with Crippen LogP contribution in [0.1, 0.15) is 37.5 Å². The number of rotatable bonds is 3. The first-order chi connectivity index (χ1) is 16.4. The Kier molecular flexibility index (Phi) is 6.86. The summed E-state index contributed by atoms with van der Waals surface area (Å²) in [4.78, 5) is 19.0. The number of amides is 1. The lowest BCUT2D eigenvalue weighted by Gasteiger charge is -2.35. The Balaban J connectivity index is 1.65. The van der Waals surface area contributed by atoms with Crippen LogP contribution in [0.2, 0.25) is 0 Å². The first-order valence-electron chi connectivity index (χ1n) is 11.8. The zero-order valence-corrected chi connectivity index (χ0v) is 20.7. The zero-order valence-electron chi connectivity index (χ0n) is 20.7. The minimum Gasteiger partial charge on any atom is -0.486 e. The molecular formula is C27H32F3N3O2. The standard InChI is InChI=1S/C27H32F3N3O2/c1-26(2,3)20-7-9-22(10-8-20)33-15-16-35-24(25(33)34)17-19-5-6-21(27(28,29)30)18-23(19)32-13-11-31(4)12-14-32/h5-10,17-18H,11-16H2,1-4H3/b24-17-. The third kappa shape index (κ3) is 5.64. The molecule has 0 spiro atoms. The molecule has 5 nitrogen and oxygen atoms in total. The van der Waals surface area contributed by atoms with Crippen LogP contribution < -0.4 is 9.80 Å². The summed E-state index contributed by atoms with van der Waals surface area (Å²) in [5.41, 5.74) is 2.23. The quantitative estimate of drug-likeness (QED) is 0.561. The molecule has 35 heavy (non-hydrogen) atoms. The zero-order chi connectivity index (χ0) is 25.4. The minimum atomic E-state index is -4.44.